The summed E-state index contributed by atoms with van der Waals surface area (Å²) in [5, 5.41) is 0. The van der Waals surface area contributed by atoms with Gasteiger partial charge in [0.25, 0.3) is 0 Å². The van der Waals surface area contributed by atoms with Crippen molar-refractivity contribution in [3.05, 3.63) is 72.8 Å². The molecule has 0 aliphatic carbocycles. The van der Waals surface area contributed by atoms with Gasteiger partial charge in [-0.05, 0) is 36.1 Å². The minimum Gasteiger partial charge on any atom is -0.0955 e. The summed E-state index contributed by atoms with van der Waals surface area (Å²) >= 11 is 0. The number of hydrogen-bond donors (Lipinski definition) is 0. The summed E-state index contributed by atoms with van der Waals surface area (Å²) in [7, 11) is 0. The molecule has 0 saturated heterocycles. The van der Waals surface area contributed by atoms with Crippen molar-refractivity contribution in [1.29, 1.82) is 0 Å². The molecule has 0 fully saturated rings. The lowest BCUT2D eigenvalue weighted by atomic mass is 9.99. The smallest absolute Gasteiger partial charge is 0.0184 e. The van der Waals surface area contributed by atoms with Gasteiger partial charge >= 0.3 is 0 Å². The van der Waals surface area contributed by atoms with Crippen LogP contribution in [0, 0.1) is 0 Å². The summed E-state index contributed by atoms with van der Waals surface area (Å²) in [5.74, 6) is 0. The van der Waals surface area contributed by atoms with Crippen molar-refractivity contribution >= 4 is 11.1 Å². The summed E-state index contributed by atoms with van der Waals surface area (Å²) in [6.45, 7) is 11.9. The van der Waals surface area contributed by atoms with Crippen molar-refractivity contribution in [2.75, 3.05) is 0 Å². The van der Waals surface area contributed by atoms with Crippen molar-refractivity contribution in [2.45, 2.75) is 13.8 Å². The molecule has 0 aliphatic heterocycles. The van der Waals surface area contributed by atoms with Gasteiger partial charge < -0.3 is 0 Å². The van der Waals surface area contributed by atoms with Gasteiger partial charge in [0.1, 0.15) is 0 Å². The highest BCUT2D eigenvalue weighted by Gasteiger charge is 1.99. The van der Waals surface area contributed by atoms with E-state index in [9.17, 15) is 0 Å². The molecule has 0 nitrogen and oxygen atoms in total. The molecule has 0 saturated carbocycles. The SMILES string of the molecule is C=C(C)c1ccc(-c2ccc(C(=C)C)cc2)cc1. The van der Waals surface area contributed by atoms with Crippen LogP contribution in [0.3, 0.4) is 0 Å². The fourth-order valence-corrected chi connectivity index (χ4v) is 1.89. The van der Waals surface area contributed by atoms with Crippen LogP contribution in [0.15, 0.2) is 61.7 Å². The standard InChI is InChI=1S/C18H18/c1-13(2)15-5-9-17(10-6-15)18-11-7-16(8-12-18)14(3)4/h5-12H,1,3H2,2,4H3. The van der Waals surface area contributed by atoms with Gasteiger partial charge in [-0.1, -0.05) is 72.8 Å². The van der Waals surface area contributed by atoms with E-state index >= 15 is 0 Å². The highest BCUT2D eigenvalue weighted by atomic mass is 14.0. The average molecular weight is 234 g/mol. The first-order valence-corrected chi connectivity index (χ1v) is 6.10. The molecule has 2 aromatic carbocycles. The Morgan fingerprint density at radius 2 is 0.889 bits per heavy atom. The summed E-state index contributed by atoms with van der Waals surface area (Å²) in [5.41, 5.74) is 7.04. The molecular formula is C18H18. The molecule has 18 heavy (non-hydrogen) atoms. The van der Waals surface area contributed by atoms with Crippen molar-refractivity contribution in [3.8, 4) is 11.1 Å². The predicted molar refractivity (Wildman–Crippen MR) is 81.3 cm³/mol. The zero-order chi connectivity index (χ0) is 13.1. The van der Waals surface area contributed by atoms with Crippen LogP contribution in [0.2, 0.25) is 0 Å². The minimum absolute atomic E-state index is 1.10. The van der Waals surface area contributed by atoms with Crippen LogP contribution < -0.4 is 0 Å². The molecule has 0 heteroatoms. The molecule has 0 radical (unpaired) electrons. The van der Waals surface area contributed by atoms with E-state index in [1.807, 2.05) is 13.8 Å². The van der Waals surface area contributed by atoms with Crippen LogP contribution in [0.4, 0.5) is 0 Å². The Kier molecular flexibility index (Phi) is 3.47. The van der Waals surface area contributed by atoms with Crippen molar-refractivity contribution in [1.82, 2.24) is 0 Å². The molecule has 0 heterocycles. The van der Waals surface area contributed by atoms with E-state index in [-0.39, 0.29) is 0 Å². The second-order valence-electron chi connectivity index (χ2n) is 4.72. The van der Waals surface area contributed by atoms with Gasteiger partial charge in [-0.3, -0.25) is 0 Å². The van der Waals surface area contributed by atoms with Gasteiger partial charge in [-0.25, -0.2) is 0 Å². The third-order valence-electron chi connectivity index (χ3n) is 3.09. The second-order valence-corrected chi connectivity index (χ2v) is 4.72. The molecule has 0 bridgehead atoms. The van der Waals surface area contributed by atoms with Gasteiger partial charge in [-0.2, -0.15) is 0 Å². The average Bonchev–Trinajstić information content (AvgIpc) is 2.39. The largest absolute Gasteiger partial charge is 0.0955 e. The number of benzene rings is 2. The Hall–Kier alpha value is -2.08. The monoisotopic (exact) mass is 234 g/mol. The first kappa shape index (κ1) is 12.4. The molecule has 2 aromatic rings. The topological polar surface area (TPSA) is 0 Å². The molecule has 0 unspecified atom stereocenters. The first-order chi connectivity index (χ1) is 8.58. The Morgan fingerprint density at radius 3 is 1.11 bits per heavy atom. The second kappa shape index (κ2) is 5.05. The third kappa shape index (κ3) is 2.60. The maximum atomic E-state index is 3.95. The van der Waals surface area contributed by atoms with E-state index in [0.717, 1.165) is 11.1 Å². The first-order valence-electron chi connectivity index (χ1n) is 6.10. The van der Waals surface area contributed by atoms with E-state index in [0.29, 0.717) is 0 Å². The van der Waals surface area contributed by atoms with E-state index < -0.39 is 0 Å². The van der Waals surface area contributed by atoms with Crippen LogP contribution in [0.5, 0.6) is 0 Å². The van der Waals surface area contributed by atoms with Crippen molar-refractivity contribution in [2.24, 2.45) is 0 Å². The molecule has 0 aliphatic rings. The fraction of sp³-hybridized carbons (Fsp3) is 0.111. The molecule has 0 atom stereocenters. The molecule has 0 amide bonds. The quantitative estimate of drug-likeness (QED) is 0.665. The third-order valence-corrected chi connectivity index (χ3v) is 3.09. The fourth-order valence-electron chi connectivity index (χ4n) is 1.89. The summed E-state index contributed by atoms with van der Waals surface area (Å²) in [4.78, 5) is 0. The summed E-state index contributed by atoms with van der Waals surface area (Å²) in [6, 6.07) is 17.0. The van der Waals surface area contributed by atoms with Gasteiger partial charge in [0, 0.05) is 0 Å². The van der Waals surface area contributed by atoms with Gasteiger partial charge in [0.15, 0.2) is 0 Å². The lowest BCUT2D eigenvalue weighted by molar-refractivity contribution is 1.54. The highest BCUT2D eigenvalue weighted by molar-refractivity contribution is 5.71. The maximum absolute atomic E-state index is 3.95. The van der Waals surface area contributed by atoms with Gasteiger partial charge in [-0.15, -0.1) is 0 Å². The Bertz CT molecular complexity index is 513. The lowest BCUT2D eigenvalue weighted by Crippen LogP contribution is -1.82. The summed E-state index contributed by atoms with van der Waals surface area (Å²) < 4.78 is 0. The van der Waals surface area contributed by atoms with Gasteiger partial charge in [0.2, 0.25) is 0 Å². The molecule has 0 N–H and O–H groups in total. The van der Waals surface area contributed by atoms with Crippen molar-refractivity contribution < 1.29 is 0 Å². The summed E-state index contributed by atoms with van der Waals surface area (Å²) in [6.07, 6.45) is 0. The van der Waals surface area contributed by atoms with E-state index in [2.05, 4.69) is 61.7 Å². The Morgan fingerprint density at radius 1 is 0.611 bits per heavy atom. The normalized spacial score (nSPS) is 10.1. The molecule has 2 rings (SSSR count). The van der Waals surface area contributed by atoms with Crippen LogP contribution in [-0.4, -0.2) is 0 Å². The predicted octanol–water partition coefficient (Wildman–Crippen LogP) is 5.42. The molecule has 0 spiro atoms. The molecule has 90 valence electrons. The van der Waals surface area contributed by atoms with E-state index in [4.69, 9.17) is 0 Å². The zero-order valence-electron chi connectivity index (χ0n) is 11.0. The lowest BCUT2D eigenvalue weighted by Gasteiger charge is -2.06. The molecular weight excluding hydrogens is 216 g/mol. The van der Waals surface area contributed by atoms with Gasteiger partial charge in [0.05, 0.1) is 0 Å². The zero-order valence-corrected chi connectivity index (χ0v) is 11.0. The van der Waals surface area contributed by atoms with Crippen LogP contribution in [0.25, 0.3) is 22.3 Å². The highest BCUT2D eigenvalue weighted by Crippen LogP contribution is 2.23. The Balaban J connectivity index is 2.31. The minimum atomic E-state index is 1.10. The van der Waals surface area contributed by atoms with Crippen molar-refractivity contribution in [3.63, 3.8) is 0 Å². The number of rotatable bonds is 3. The van der Waals surface area contributed by atoms with Crippen LogP contribution >= 0.6 is 0 Å². The van der Waals surface area contributed by atoms with Crippen LogP contribution in [-0.2, 0) is 0 Å². The van der Waals surface area contributed by atoms with E-state index in [1.54, 1.807) is 0 Å². The number of allylic oxidation sites excluding steroid dienone is 2. The van der Waals surface area contributed by atoms with Crippen LogP contribution in [0.1, 0.15) is 25.0 Å². The Labute approximate surface area is 109 Å². The number of hydrogen-bond acceptors (Lipinski definition) is 0. The van der Waals surface area contributed by atoms with E-state index in [1.165, 1.54) is 22.3 Å². The maximum Gasteiger partial charge on any atom is -0.0184 e. The molecule has 0 aromatic heterocycles.